The van der Waals surface area contributed by atoms with Gasteiger partial charge in [0.15, 0.2) is 0 Å². The SMILES string of the molecule is O=C1C=C(Nc2ccc(C(F)(F)F)c(C(F)(F)F)c2)C(=O)N1CCO. The lowest BCUT2D eigenvalue weighted by atomic mass is 10.1. The second-order valence-corrected chi connectivity index (χ2v) is 4.96. The number of alkyl halides is 6. The molecular formula is C14H10F6N2O3. The summed E-state index contributed by atoms with van der Waals surface area (Å²) in [5.74, 6) is -1.71. The minimum atomic E-state index is -5.27. The number of carbonyl (C=O) groups is 2. The molecule has 136 valence electrons. The van der Waals surface area contributed by atoms with Crippen molar-refractivity contribution in [2.75, 3.05) is 18.5 Å². The van der Waals surface area contributed by atoms with Gasteiger partial charge >= 0.3 is 12.4 Å². The van der Waals surface area contributed by atoms with Crippen LogP contribution in [0.5, 0.6) is 0 Å². The second-order valence-electron chi connectivity index (χ2n) is 4.96. The second kappa shape index (κ2) is 6.39. The van der Waals surface area contributed by atoms with Crippen LogP contribution in [0.25, 0.3) is 0 Å². The molecule has 11 heteroatoms. The summed E-state index contributed by atoms with van der Waals surface area (Å²) in [4.78, 5) is 24.1. The Bertz CT molecular complexity index is 739. The molecule has 2 N–H and O–H groups in total. The average molecular weight is 368 g/mol. The number of nitrogens with one attached hydrogen (secondary N) is 1. The third kappa shape index (κ3) is 3.92. The Morgan fingerprint density at radius 2 is 1.60 bits per heavy atom. The standard InChI is InChI=1S/C14H10F6N2O3/c15-13(16,17)8-2-1-7(5-9(8)14(18,19)20)21-10-6-11(24)22(3-4-23)12(10)25/h1-2,5-6,21,23H,3-4H2. The minimum absolute atomic E-state index is 0.204. The number of rotatable bonds is 4. The third-order valence-electron chi connectivity index (χ3n) is 3.24. The number of nitrogens with zero attached hydrogens (tertiary/aromatic N) is 1. The number of aliphatic hydroxyl groups excluding tert-OH is 1. The van der Waals surface area contributed by atoms with E-state index in [1.54, 1.807) is 0 Å². The number of anilines is 1. The molecule has 1 heterocycles. The number of halogens is 6. The number of imide groups is 1. The van der Waals surface area contributed by atoms with Gasteiger partial charge in [0.05, 0.1) is 24.3 Å². The van der Waals surface area contributed by atoms with Crippen LogP contribution in [0.1, 0.15) is 11.1 Å². The van der Waals surface area contributed by atoms with Crippen molar-refractivity contribution in [1.29, 1.82) is 0 Å². The van der Waals surface area contributed by atoms with Crippen LogP contribution in [-0.4, -0.2) is 35.0 Å². The molecule has 1 aliphatic heterocycles. The van der Waals surface area contributed by atoms with E-state index in [0.717, 1.165) is 6.08 Å². The first-order chi connectivity index (χ1) is 11.4. The predicted octanol–water partition coefficient (Wildman–Crippen LogP) is 2.38. The number of hydrogen-bond donors (Lipinski definition) is 2. The van der Waals surface area contributed by atoms with Crippen molar-refractivity contribution in [3.8, 4) is 0 Å². The molecular weight excluding hydrogens is 358 g/mol. The molecule has 5 nitrogen and oxygen atoms in total. The Kier molecular flexibility index (Phi) is 4.80. The fourth-order valence-corrected chi connectivity index (χ4v) is 2.17. The molecule has 1 aromatic carbocycles. The van der Waals surface area contributed by atoms with Crippen LogP contribution in [-0.2, 0) is 21.9 Å². The van der Waals surface area contributed by atoms with Crippen molar-refractivity contribution < 1.29 is 41.0 Å². The summed E-state index contributed by atoms with van der Waals surface area (Å²) >= 11 is 0. The van der Waals surface area contributed by atoms with Gasteiger partial charge in [-0.3, -0.25) is 14.5 Å². The number of β-amino-alcohol motifs (C(OH)–C–C–N with tert-alkyl or cyclic N) is 1. The van der Waals surface area contributed by atoms with Crippen molar-refractivity contribution >= 4 is 17.5 Å². The number of benzene rings is 1. The smallest absolute Gasteiger partial charge is 0.395 e. The topological polar surface area (TPSA) is 69.6 Å². The van der Waals surface area contributed by atoms with Gasteiger partial charge < -0.3 is 10.4 Å². The summed E-state index contributed by atoms with van der Waals surface area (Å²) in [6.07, 6.45) is -9.70. The molecule has 0 aliphatic carbocycles. The van der Waals surface area contributed by atoms with E-state index in [0.29, 0.717) is 11.0 Å². The van der Waals surface area contributed by atoms with Crippen LogP contribution in [0, 0.1) is 0 Å². The fourth-order valence-electron chi connectivity index (χ4n) is 2.17. The van der Waals surface area contributed by atoms with E-state index >= 15 is 0 Å². The summed E-state index contributed by atoms with van der Waals surface area (Å²) < 4.78 is 76.7. The molecule has 0 unspecified atom stereocenters. The molecule has 2 rings (SSSR count). The van der Waals surface area contributed by atoms with E-state index in [9.17, 15) is 35.9 Å². The van der Waals surface area contributed by atoms with Crippen molar-refractivity contribution in [1.82, 2.24) is 4.90 Å². The Hall–Kier alpha value is -2.56. The summed E-state index contributed by atoms with van der Waals surface area (Å²) in [6, 6.07) is 1.15. The van der Waals surface area contributed by atoms with Crippen LogP contribution < -0.4 is 5.32 Å². The summed E-state index contributed by atoms with van der Waals surface area (Å²) in [7, 11) is 0. The van der Waals surface area contributed by atoms with E-state index in [2.05, 4.69) is 5.32 Å². The monoisotopic (exact) mass is 368 g/mol. The quantitative estimate of drug-likeness (QED) is 0.633. The zero-order valence-corrected chi connectivity index (χ0v) is 12.2. The highest BCUT2D eigenvalue weighted by Gasteiger charge is 2.43. The summed E-state index contributed by atoms with van der Waals surface area (Å²) in [5, 5.41) is 11.0. The zero-order valence-electron chi connectivity index (χ0n) is 12.2. The van der Waals surface area contributed by atoms with Gasteiger partial charge in [-0.25, -0.2) is 0 Å². The first kappa shape index (κ1) is 18.8. The third-order valence-corrected chi connectivity index (χ3v) is 3.24. The van der Waals surface area contributed by atoms with E-state index in [1.807, 2.05) is 0 Å². The van der Waals surface area contributed by atoms with E-state index in [-0.39, 0.29) is 18.7 Å². The highest BCUT2D eigenvalue weighted by atomic mass is 19.4. The average Bonchev–Trinajstić information content (AvgIpc) is 2.73. The molecule has 0 saturated carbocycles. The van der Waals surface area contributed by atoms with Gasteiger partial charge in [0, 0.05) is 11.8 Å². The molecule has 25 heavy (non-hydrogen) atoms. The van der Waals surface area contributed by atoms with Crippen LogP contribution in [0.4, 0.5) is 32.0 Å². The van der Waals surface area contributed by atoms with Gasteiger partial charge in [-0.2, -0.15) is 26.3 Å². The highest BCUT2D eigenvalue weighted by molar-refractivity contribution is 6.17. The van der Waals surface area contributed by atoms with Crippen molar-refractivity contribution in [3.63, 3.8) is 0 Å². The van der Waals surface area contributed by atoms with E-state index in [4.69, 9.17) is 5.11 Å². The molecule has 0 saturated heterocycles. The molecule has 2 amide bonds. The maximum atomic E-state index is 12.9. The predicted molar refractivity (Wildman–Crippen MR) is 72.0 cm³/mol. The Morgan fingerprint density at radius 3 is 2.12 bits per heavy atom. The molecule has 1 aromatic rings. The zero-order chi connectivity index (χ0) is 19.0. The first-order valence-corrected chi connectivity index (χ1v) is 6.69. The fraction of sp³-hybridized carbons (Fsp3) is 0.286. The molecule has 0 fully saturated rings. The van der Waals surface area contributed by atoms with Gasteiger partial charge in [0.25, 0.3) is 11.8 Å². The first-order valence-electron chi connectivity index (χ1n) is 6.69. The van der Waals surface area contributed by atoms with Crippen LogP contribution in [0.15, 0.2) is 30.0 Å². The van der Waals surface area contributed by atoms with E-state index in [1.165, 1.54) is 0 Å². The largest absolute Gasteiger partial charge is 0.417 e. The Labute approximate surface area is 136 Å². The van der Waals surface area contributed by atoms with Gasteiger partial charge in [-0.05, 0) is 18.2 Å². The molecule has 0 atom stereocenters. The number of amides is 2. The molecule has 0 radical (unpaired) electrons. The van der Waals surface area contributed by atoms with Gasteiger partial charge in [-0.15, -0.1) is 0 Å². The van der Waals surface area contributed by atoms with Gasteiger partial charge in [0.1, 0.15) is 5.70 Å². The lowest BCUT2D eigenvalue weighted by Crippen LogP contribution is -2.34. The molecule has 1 aliphatic rings. The van der Waals surface area contributed by atoms with Gasteiger partial charge in [0.2, 0.25) is 0 Å². The number of aliphatic hydroxyl groups is 1. The van der Waals surface area contributed by atoms with Gasteiger partial charge in [-0.1, -0.05) is 0 Å². The maximum absolute atomic E-state index is 12.9. The van der Waals surface area contributed by atoms with E-state index < -0.39 is 53.3 Å². The van der Waals surface area contributed by atoms with Crippen LogP contribution in [0.2, 0.25) is 0 Å². The molecule has 0 aromatic heterocycles. The normalized spacial score (nSPS) is 15.6. The Balaban J connectivity index is 2.35. The molecule has 0 bridgehead atoms. The highest BCUT2D eigenvalue weighted by Crippen LogP contribution is 2.41. The van der Waals surface area contributed by atoms with Crippen LogP contribution >= 0.6 is 0 Å². The number of hydrogen-bond acceptors (Lipinski definition) is 4. The Morgan fingerprint density at radius 1 is 1.00 bits per heavy atom. The lowest BCUT2D eigenvalue weighted by Gasteiger charge is -2.17. The molecule has 0 spiro atoms. The van der Waals surface area contributed by atoms with Crippen molar-refractivity contribution in [3.05, 3.63) is 41.1 Å². The van der Waals surface area contributed by atoms with Crippen molar-refractivity contribution in [2.24, 2.45) is 0 Å². The number of carbonyl (C=O) groups excluding carboxylic acids is 2. The van der Waals surface area contributed by atoms with Crippen molar-refractivity contribution in [2.45, 2.75) is 12.4 Å². The lowest BCUT2D eigenvalue weighted by molar-refractivity contribution is -0.162. The minimum Gasteiger partial charge on any atom is -0.395 e. The summed E-state index contributed by atoms with van der Waals surface area (Å²) in [5.41, 5.74) is -4.64. The maximum Gasteiger partial charge on any atom is 0.417 e. The summed E-state index contributed by atoms with van der Waals surface area (Å²) in [6.45, 7) is -0.836. The van der Waals surface area contributed by atoms with Crippen LogP contribution in [0.3, 0.4) is 0 Å².